The van der Waals surface area contributed by atoms with E-state index in [1.807, 2.05) is 43.3 Å². The van der Waals surface area contributed by atoms with Gasteiger partial charge in [0.25, 0.3) is 0 Å². The second kappa shape index (κ2) is 5.66. The van der Waals surface area contributed by atoms with Gasteiger partial charge in [-0.3, -0.25) is 4.79 Å². The summed E-state index contributed by atoms with van der Waals surface area (Å²) in [6, 6.07) is 17.9. The van der Waals surface area contributed by atoms with Crippen LogP contribution in [0, 0.1) is 5.92 Å². The van der Waals surface area contributed by atoms with Crippen molar-refractivity contribution in [2.75, 3.05) is 0 Å². The standard InChI is InChI=1S/C25H18O5/c1-13-10-22(28)30-25(13)23-18-11-16(26)6-2-14(18)4-8-20(23)29-21-9-5-15-3-7-17(27)12-19(15)24(21)25/h2-9,11-13,26-27H,10H2,1H3. The summed E-state index contributed by atoms with van der Waals surface area (Å²) in [6.07, 6.45) is 0.267. The zero-order chi connectivity index (χ0) is 20.6. The number of aromatic hydroxyl groups is 2. The fraction of sp³-hybridized carbons (Fsp3) is 0.160. The summed E-state index contributed by atoms with van der Waals surface area (Å²) in [5.41, 5.74) is 0.385. The van der Waals surface area contributed by atoms with E-state index >= 15 is 0 Å². The number of benzene rings is 4. The van der Waals surface area contributed by atoms with Crippen LogP contribution in [0.15, 0.2) is 60.7 Å². The predicted octanol–water partition coefficient (Wildman–Crippen LogP) is 5.34. The first-order valence-corrected chi connectivity index (χ1v) is 9.89. The molecular formula is C25H18O5. The number of phenols is 2. The number of fused-ring (bicyclic) bond motifs is 8. The lowest BCUT2D eigenvalue weighted by atomic mass is 9.72. The maximum Gasteiger partial charge on any atom is 0.307 e. The Bertz CT molecular complexity index is 1300. The lowest BCUT2D eigenvalue weighted by Crippen LogP contribution is -2.36. The zero-order valence-corrected chi connectivity index (χ0v) is 16.2. The highest BCUT2D eigenvalue weighted by atomic mass is 16.6. The number of hydrogen-bond acceptors (Lipinski definition) is 5. The third kappa shape index (κ3) is 2.09. The molecule has 0 radical (unpaired) electrons. The van der Waals surface area contributed by atoms with Gasteiger partial charge in [-0.25, -0.2) is 0 Å². The zero-order valence-electron chi connectivity index (χ0n) is 16.2. The van der Waals surface area contributed by atoms with Crippen molar-refractivity contribution in [2.24, 2.45) is 5.92 Å². The van der Waals surface area contributed by atoms with Crippen LogP contribution in [0.3, 0.4) is 0 Å². The molecule has 148 valence electrons. The van der Waals surface area contributed by atoms with Crippen LogP contribution in [0.1, 0.15) is 24.5 Å². The van der Waals surface area contributed by atoms with Gasteiger partial charge in [0.2, 0.25) is 0 Å². The Morgan fingerprint density at radius 1 is 0.833 bits per heavy atom. The molecule has 1 spiro atoms. The van der Waals surface area contributed by atoms with Gasteiger partial charge in [0.05, 0.1) is 17.5 Å². The van der Waals surface area contributed by atoms with E-state index in [0.717, 1.165) is 32.7 Å². The molecule has 1 atom stereocenters. The molecule has 2 heterocycles. The first kappa shape index (κ1) is 17.2. The van der Waals surface area contributed by atoms with Gasteiger partial charge in [0.15, 0.2) is 5.60 Å². The molecule has 0 bridgehead atoms. The Morgan fingerprint density at radius 3 is 1.80 bits per heavy atom. The van der Waals surface area contributed by atoms with Crippen LogP contribution in [-0.2, 0) is 15.1 Å². The molecule has 0 aromatic heterocycles. The lowest BCUT2D eigenvalue weighted by molar-refractivity contribution is -0.147. The number of carbonyl (C=O) groups is 1. The third-order valence-corrected chi connectivity index (χ3v) is 6.34. The topological polar surface area (TPSA) is 76.0 Å². The molecule has 2 aliphatic rings. The quantitative estimate of drug-likeness (QED) is 0.391. The first-order valence-electron chi connectivity index (χ1n) is 9.89. The van der Waals surface area contributed by atoms with Crippen LogP contribution in [0.25, 0.3) is 21.5 Å². The number of hydrogen-bond donors (Lipinski definition) is 2. The summed E-state index contributed by atoms with van der Waals surface area (Å²) in [5.74, 6) is 1.000. The molecular weight excluding hydrogens is 380 g/mol. The Kier molecular flexibility index (Phi) is 3.24. The Balaban J connectivity index is 1.81. The molecule has 0 amide bonds. The smallest absolute Gasteiger partial charge is 0.307 e. The summed E-state index contributed by atoms with van der Waals surface area (Å²) in [7, 11) is 0. The maximum absolute atomic E-state index is 12.6. The molecule has 4 aromatic rings. The van der Waals surface area contributed by atoms with Gasteiger partial charge < -0.3 is 19.7 Å². The Morgan fingerprint density at radius 2 is 1.33 bits per heavy atom. The summed E-state index contributed by atoms with van der Waals surface area (Å²) < 4.78 is 12.5. The van der Waals surface area contributed by atoms with E-state index in [1.54, 1.807) is 24.3 Å². The maximum atomic E-state index is 12.6. The van der Waals surface area contributed by atoms with E-state index in [-0.39, 0.29) is 29.8 Å². The van der Waals surface area contributed by atoms with Gasteiger partial charge >= 0.3 is 5.97 Å². The Hall–Kier alpha value is -3.73. The minimum absolute atomic E-state index is 0.129. The fourth-order valence-electron chi connectivity index (χ4n) is 5.07. The number of phenolic OH excluding ortho intramolecular Hbond substituents is 2. The van der Waals surface area contributed by atoms with Crippen molar-refractivity contribution in [3.8, 4) is 23.0 Å². The van der Waals surface area contributed by atoms with Crippen molar-refractivity contribution >= 4 is 27.5 Å². The van der Waals surface area contributed by atoms with Crippen molar-refractivity contribution in [3.05, 3.63) is 71.8 Å². The lowest BCUT2D eigenvalue weighted by Gasteiger charge is -2.40. The molecule has 5 nitrogen and oxygen atoms in total. The molecule has 1 fully saturated rings. The highest BCUT2D eigenvalue weighted by Crippen LogP contribution is 2.59. The van der Waals surface area contributed by atoms with Crippen LogP contribution < -0.4 is 4.74 Å². The molecule has 30 heavy (non-hydrogen) atoms. The van der Waals surface area contributed by atoms with Crippen LogP contribution in [0.2, 0.25) is 0 Å². The van der Waals surface area contributed by atoms with Crippen LogP contribution in [0.4, 0.5) is 0 Å². The second-order valence-electron chi connectivity index (χ2n) is 8.11. The minimum atomic E-state index is -1.08. The van der Waals surface area contributed by atoms with Crippen LogP contribution >= 0.6 is 0 Å². The molecule has 5 heteroatoms. The van der Waals surface area contributed by atoms with Gasteiger partial charge in [-0.05, 0) is 57.9 Å². The van der Waals surface area contributed by atoms with Crippen molar-refractivity contribution in [1.82, 2.24) is 0 Å². The second-order valence-corrected chi connectivity index (χ2v) is 8.11. The third-order valence-electron chi connectivity index (χ3n) is 6.34. The van der Waals surface area contributed by atoms with Crippen molar-refractivity contribution in [1.29, 1.82) is 0 Å². The summed E-state index contributed by atoms with van der Waals surface area (Å²) in [5, 5.41) is 23.8. The number of carbonyl (C=O) groups excluding carboxylic acids is 1. The van der Waals surface area contributed by atoms with Gasteiger partial charge in [0.1, 0.15) is 23.0 Å². The van der Waals surface area contributed by atoms with Crippen LogP contribution in [-0.4, -0.2) is 16.2 Å². The van der Waals surface area contributed by atoms with Crippen molar-refractivity contribution < 1.29 is 24.5 Å². The molecule has 6 rings (SSSR count). The fourth-order valence-corrected chi connectivity index (χ4v) is 5.07. The molecule has 0 aliphatic carbocycles. The van der Waals surface area contributed by atoms with Crippen molar-refractivity contribution in [3.63, 3.8) is 0 Å². The number of rotatable bonds is 0. The van der Waals surface area contributed by atoms with E-state index in [2.05, 4.69) is 0 Å². The first-order chi connectivity index (χ1) is 14.5. The monoisotopic (exact) mass is 398 g/mol. The Labute approximate surface area is 172 Å². The van der Waals surface area contributed by atoms with Gasteiger partial charge in [-0.15, -0.1) is 0 Å². The molecule has 1 unspecified atom stereocenters. The summed E-state index contributed by atoms with van der Waals surface area (Å²) in [4.78, 5) is 12.6. The molecule has 2 N–H and O–H groups in total. The number of esters is 1. The average molecular weight is 398 g/mol. The summed E-state index contributed by atoms with van der Waals surface area (Å²) in [6.45, 7) is 1.99. The SMILES string of the molecule is CC1CC(=O)OC12c1c(ccc3ccc(O)cc13)Oc1ccc3ccc(O)cc3c12. The van der Waals surface area contributed by atoms with E-state index < -0.39 is 5.60 Å². The molecule has 1 saturated heterocycles. The average Bonchev–Trinajstić information content (AvgIpc) is 3.00. The molecule has 4 aromatic carbocycles. The van der Waals surface area contributed by atoms with E-state index in [9.17, 15) is 15.0 Å². The van der Waals surface area contributed by atoms with E-state index in [1.165, 1.54) is 0 Å². The van der Waals surface area contributed by atoms with Gasteiger partial charge in [-0.1, -0.05) is 31.2 Å². The number of ether oxygens (including phenoxy) is 2. The van der Waals surface area contributed by atoms with Crippen molar-refractivity contribution in [2.45, 2.75) is 18.9 Å². The summed E-state index contributed by atoms with van der Waals surface area (Å²) >= 11 is 0. The molecule has 0 saturated carbocycles. The highest BCUT2D eigenvalue weighted by Gasteiger charge is 2.56. The minimum Gasteiger partial charge on any atom is -0.508 e. The van der Waals surface area contributed by atoms with Gasteiger partial charge in [0, 0.05) is 5.92 Å². The largest absolute Gasteiger partial charge is 0.508 e. The van der Waals surface area contributed by atoms with Crippen LogP contribution in [0.5, 0.6) is 23.0 Å². The van der Waals surface area contributed by atoms with E-state index in [4.69, 9.17) is 9.47 Å². The van der Waals surface area contributed by atoms with E-state index in [0.29, 0.717) is 11.5 Å². The van der Waals surface area contributed by atoms with Gasteiger partial charge in [-0.2, -0.15) is 0 Å². The normalized spacial score (nSPS) is 18.8. The predicted molar refractivity (Wildman–Crippen MR) is 112 cm³/mol. The highest BCUT2D eigenvalue weighted by molar-refractivity contribution is 5.97. The molecule has 2 aliphatic heterocycles.